The minimum absolute atomic E-state index is 0.00148. The van der Waals surface area contributed by atoms with Gasteiger partial charge in [0.1, 0.15) is 24.5 Å². The van der Waals surface area contributed by atoms with E-state index in [9.17, 15) is 14.9 Å². The number of rotatable bonds is 1. The molecule has 3 atom stereocenters. The van der Waals surface area contributed by atoms with Gasteiger partial charge in [-0.05, 0) is 37.8 Å². The van der Waals surface area contributed by atoms with Crippen molar-refractivity contribution in [3.05, 3.63) is 29.3 Å². The molecule has 2 aliphatic heterocycles. The lowest BCUT2D eigenvalue weighted by molar-refractivity contribution is -0.145. The molecule has 0 radical (unpaired) electrons. The Balaban J connectivity index is 1.90. The van der Waals surface area contributed by atoms with Crippen LogP contribution in [0, 0.1) is 11.3 Å². The Morgan fingerprint density at radius 1 is 1.13 bits per heavy atom. The molecular formula is C23H31N3O5. The zero-order valence-electron chi connectivity index (χ0n) is 18.5. The number of carbonyl (C=O) groups excluding carboxylic acids is 2. The van der Waals surface area contributed by atoms with Crippen LogP contribution >= 0.6 is 0 Å². The van der Waals surface area contributed by atoms with E-state index < -0.39 is 0 Å². The van der Waals surface area contributed by atoms with E-state index in [0.29, 0.717) is 37.1 Å². The Bertz CT molecular complexity index is 837. The average molecular weight is 430 g/mol. The molecule has 0 spiro atoms. The van der Waals surface area contributed by atoms with Crippen molar-refractivity contribution in [3.63, 3.8) is 0 Å². The van der Waals surface area contributed by atoms with E-state index in [1.165, 1.54) is 0 Å². The van der Waals surface area contributed by atoms with Gasteiger partial charge in [0.2, 0.25) is 5.91 Å². The molecule has 0 saturated carbocycles. The van der Waals surface area contributed by atoms with Crippen LogP contribution in [0.3, 0.4) is 0 Å². The molecule has 2 heterocycles. The summed E-state index contributed by atoms with van der Waals surface area (Å²) < 4.78 is 17.9. The van der Waals surface area contributed by atoms with Gasteiger partial charge in [-0.2, -0.15) is 5.26 Å². The molecule has 1 aromatic carbocycles. The first-order valence-corrected chi connectivity index (χ1v) is 10.8. The predicted molar refractivity (Wildman–Crippen MR) is 114 cm³/mol. The molecule has 2 bridgehead atoms. The number of amides is 2. The highest BCUT2D eigenvalue weighted by Gasteiger charge is 2.33. The number of nitriles is 1. The number of hydrogen-bond acceptors (Lipinski definition) is 6. The van der Waals surface area contributed by atoms with Crippen molar-refractivity contribution in [1.82, 2.24) is 9.80 Å². The second-order valence-corrected chi connectivity index (χ2v) is 8.19. The first kappa shape index (κ1) is 23.0. The zero-order valence-corrected chi connectivity index (χ0v) is 18.5. The number of nitrogens with zero attached hydrogens (tertiary/aromatic N) is 3. The summed E-state index contributed by atoms with van der Waals surface area (Å²) in [4.78, 5) is 28.8. The highest BCUT2D eigenvalue weighted by Crippen LogP contribution is 2.29. The molecule has 8 nitrogen and oxygen atoms in total. The van der Waals surface area contributed by atoms with Gasteiger partial charge in [-0.1, -0.05) is 6.07 Å². The lowest BCUT2D eigenvalue weighted by Gasteiger charge is -2.36. The van der Waals surface area contributed by atoms with Crippen LogP contribution in [0.4, 0.5) is 0 Å². The fraction of sp³-hybridized carbons (Fsp3) is 0.609. The van der Waals surface area contributed by atoms with Crippen molar-refractivity contribution in [2.75, 3.05) is 40.9 Å². The Kier molecular flexibility index (Phi) is 7.88. The number of benzene rings is 1. The third-order valence-electron chi connectivity index (χ3n) is 6.06. The summed E-state index contributed by atoms with van der Waals surface area (Å²) >= 11 is 0. The van der Waals surface area contributed by atoms with Crippen LogP contribution in [0.15, 0.2) is 18.2 Å². The van der Waals surface area contributed by atoms with Gasteiger partial charge in [0.05, 0.1) is 23.3 Å². The van der Waals surface area contributed by atoms with Gasteiger partial charge < -0.3 is 24.0 Å². The highest BCUT2D eigenvalue weighted by atomic mass is 16.6. The van der Waals surface area contributed by atoms with E-state index in [2.05, 4.69) is 6.07 Å². The number of methoxy groups -OCH3 is 1. The van der Waals surface area contributed by atoms with Gasteiger partial charge in [-0.25, -0.2) is 0 Å². The van der Waals surface area contributed by atoms with Crippen molar-refractivity contribution in [2.45, 2.75) is 50.4 Å². The van der Waals surface area contributed by atoms with Gasteiger partial charge in [0, 0.05) is 40.7 Å². The summed E-state index contributed by atoms with van der Waals surface area (Å²) in [7, 11) is 5.15. The molecule has 1 aromatic rings. The van der Waals surface area contributed by atoms with Crippen molar-refractivity contribution in [2.24, 2.45) is 0 Å². The molecule has 0 N–H and O–H groups in total. The van der Waals surface area contributed by atoms with Crippen LogP contribution in [0.25, 0.3) is 0 Å². The Morgan fingerprint density at radius 2 is 1.94 bits per heavy atom. The summed E-state index contributed by atoms with van der Waals surface area (Å²) in [5, 5.41) is 9.56. The van der Waals surface area contributed by atoms with Gasteiger partial charge >= 0.3 is 0 Å². The normalized spacial score (nSPS) is 26.1. The molecule has 1 saturated heterocycles. The van der Waals surface area contributed by atoms with E-state index in [1.807, 2.05) is 0 Å². The molecule has 0 unspecified atom stereocenters. The fourth-order valence-electron chi connectivity index (χ4n) is 4.11. The van der Waals surface area contributed by atoms with E-state index in [0.717, 1.165) is 19.3 Å². The summed E-state index contributed by atoms with van der Waals surface area (Å²) in [5.41, 5.74) is 0.636. The molecule has 2 aliphatic rings. The number of para-hydroxylation sites is 1. The van der Waals surface area contributed by atoms with E-state index in [4.69, 9.17) is 14.2 Å². The second-order valence-electron chi connectivity index (χ2n) is 8.19. The van der Waals surface area contributed by atoms with Crippen molar-refractivity contribution in [3.8, 4) is 11.8 Å². The molecule has 8 heteroatoms. The maximum atomic E-state index is 13.1. The van der Waals surface area contributed by atoms with Crippen LogP contribution in [0.1, 0.15) is 48.0 Å². The number of hydrogen-bond donors (Lipinski definition) is 0. The van der Waals surface area contributed by atoms with Crippen LogP contribution < -0.4 is 4.74 Å². The number of carbonyl (C=O) groups is 2. The number of fused-ring (bicyclic) bond motifs is 3. The first-order chi connectivity index (χ1) is 14.9. The minimum Gasteiger partial charge on any atom is -0.489 e. The third-order valence-corrected chi connectivity index (χ3v) is 6.06. The van der Waals surface area contributed by atoms with Gasteiger partial charge in [0.15, 0.2) is 0 Å². The standard InChI is InChI=1S/C23H31N3O5/c1-25-13-11-17-9-10-19(29-3)20(31-17)15-30-22-16(14-24)6-4-7-18(22)23(28)26(2)12-5-8-21(25)27/h4,6-7,17,19-20H,5,8-13,15H2,1-3H3/t17-,19+,20-/m1/s1. The first-order valence-electron chi connectivity index (χ1n) is 10.8. The SMILES string of the molecule is CO[C@H]1CC[C@@H]2CCN(C)C(=O)CCCN(C)C(=O)c3cccc(C#N)c3OC[C@H]1O2. The Hall–Kier alpha value is -2.63. The monoisotopic (exact) mass is 429 g/mol. The van der Waals surface area contributed by atoms with Crippen molar-refractivity contribution in [1.29, 1.82) is 5.26 Å². The third kappa shape index (κ3) is 5.54. The van der Waals surface area contributed by atoms with Gasteiger partial charge in [0.25, 0.3) is 5.91 Å². The molecule has 1 fully saturated rings. The Labute approximate surface area is 183 Å². The largest absolute Gasteiger partial charge is 0.489 e. The summed E-state index contributed by atoms with van der Waals surface area (Å²) in [6.45, 7) is 1.23. The lowest BCUT2D eigenvalue weighted by Crippen LogP contribution is -2.44. The van der Waals surface area contributed by atoms with E-state index >= 15 is 0 Å². The van der Waals surface area contributed by atoms with E-state index in [1.54, 1.807) is 49.2 Å². The van der Waals surface area contributed by atoms with Crippen LogP contribution in [0.5, 0.6) is 5.75 Å². The van der Waals surface area contributed by atoms with Crippen LogP contribution in [0.2, 0.25) is 0 Å². The molecular weight excluding hydrogens is 398 g/mol. The summed E-state index contributed by atoms with van der Waals surface area (Å²) in [6.07, 6.45) is 2.89. The zero-order chi connectivity index (χ0) is 22.4. The smallest absolute Gasteiger partial charge is 0.257 e. The molecule has 2 amide bonds. The van der Waals surface area contributed by atoms with E-state index in [-0.39, 0.29) is 42.5 Å². The van der Waals surface area contributed by atoms with Gasteiger partial charge in [-0.3, -0.25) is 9.59 Å². The maximum absolute atomic E-state index is 13.1. The molecule has 3 rings (SSSR count). The predicted octanol–water partition coefficient (Wildman–Crippen LogP) is 2.21. The maximum Gasteiger partial charge on any atom is 0.257 e. The van der Waals surface area contributed by atoms with Crippen LogP contribution in [-0.2, 0) is 14.3 Å². The summed E-state index contributed by atoms with van der Waals surface area (Å²) in [6, 6.07) is 7.09. The van der Waals surface area contributed by atoms with Gasteiger partial charge in [-0.15, -0.1) is 0 Å². The molecule has 168 valence electrons. The number of ether oxygens (including phenoxy) is 3. The molecule has 31 heavy (non-hydrogen) atoms. The second kappa shape index (κ2) is 10.6. The average Bonchev–Trinajstić information content (AvgIpc) is 2.79. The molecule has 0 aliphatic carbocycles. The van der Waals surface area contributed by atoms with Crippen molar-refractivity contribution >= 4 is 11.8 Å². The van der Waals surface area contributed by atoms with Crippen molar-refractivity contribution < 1.29 is 23.8 Å². The Morgan fingerprint density at radius 3 is 2.68 bits per heavy atom. The fourth-order valence-corrected chi connectivity index (χ4v) is 4.11. The summed E-state index contributed by atoms with van der Waals surface area (Å²) in [5.74, 6) is 0.0848. The topological polar surface area (TPSA) is 92.1 Å². The highest BCUT2D eigenvalue weighted by molar-refractivity contribution is 5.97. The lowest BCUT2D eigenvalue weighted by atomic mass is 9.99. The quantitative estimate of drug-likeness (QED) is 0.680. The van der Waals surface area contributed by atoms with Crippen LogP contribution in [-0.4, -0.2) is 80.8 Å². The molecule has 0 aromatic heterocycles. The minimum atomic E-state index is -0.329.